The monoisotopic (exact) mass is 296 g/mol. The number of fused-ring (bicyclic) bond motifs is 1. The molecular formula is C18H17FN2O. The van der Waals surface area contributed by atoms with Crippen molar-refractivity contribution in [2.75, 3.05) is 0 Å². The lowest BCUT2D eigenvalue weighted by Gasteiger charge is -2.14. The summed E-state index contributed by atoms with van der Waals surface area (Å²) in [5.74, 6) is 0.300. The van der Waals surface area contributed by atoms with E-state index in [4.69, 9.17) is 10.5 Å². The van der Waals surface area contributed by atoms with Gasteiger partial charge in [0.15, 0.2) is 0 Å². The van der Waals surface area contributed by atoms with Gasteiger partial charge in [-0.15, -0.1) is 0 Å². The van der Waals surface area contributed by atoms with Gasteiger partial charge in [-0.05, 0) is 36.8 Å². The second kappa shape index (κ2) is 6.12. The summed E-state index contributed by atoms with van der Waals surface area (Å²) in [5.41, 5.74) is 8.43. The summed E-state index contributed by atoms with van der Waals surface area (Å²) in [6.07, 6.45) is 0. The van der Waals surface area contributed by atoms with Crippen LogP contribution < -0.4 is 10.5 Å². The van der Waals surface area contributed by atoms with Crippen LogP contribution in [0.5, 0.6) is 5.75 Å². The van der Waals surface area contributed by atoms with Gasteiger partial charge in [-0.3, -0.25) is 0 Å². The molecule has 0 bridgehead atoms. The molecule has 1 atom stereocenters. The average Bonchev–Trinajstić information content (AvgIpc) is 2.52. The lowest BCUT2D eigenvalue weighted by Crippen LogP contribution is -2.10. The van der Waals surface area contributed by atoms with Crippen LogP contribution >= 0.6 is 0 Å². The molecule has 1 heterocycles. The van der Waals surface area contributed by atoms with Crippen molar-refractivity contribution in [3.05, 3.63) is 71.7 Å². The highest BCUT2D eigenvalue weighted by Gasteiger charge is 2.13. The van der Waals surface area contributed by atoms with E-state index in [1.54, 1.807) is 12.1 Å². The van der Waals surface area contributed by atoms with Crippen LogP contribution in [-0.4, -0.2) is 4.98 Å². The molecule has 0 aliphatic heterocycles. The number of ether oxygens (including phenoxy) is 1. The second-order valence-electron chi connectivity index (χ2n) is 5.27. The highest BCUT2D eigenvalue weighted by atomic mass is 19.1. The maximum atomic E-state index is 13.4. The summed E-state index contributed by atoms with van der Waals surface area (Å²) in [6, 6.07) is 15.9. The number of nitrogens with two attached hydrogens (primary N) is 1. The van der Waals surface area contributed by atoms with E-state index in [1.165, 1.54) is 12.1 Å². The molecule has 2 aromatic carbocycles. The zero-order valence-corrected chi connectivity index (χ0v) is 12.3. The Kier molecular flexibility index (Phi) is 4.02. The van der Waals surface area contributed by atoms with Gasteiger partial charge in [0.2, 0.25) is 0 Å². The average molecular weight is 296 g/mol. The molecule has 1 aromatic heterocycles. The summed E-state index contributed by atoms with van der Waals surface area (Å²) in [5, 5.41) is 0.701. The first-order valence-corrected chi connectivity index (χ1v) is 7.16. The third kappa shape index (κ3) is 3.07. The minimum atomic E-state index is -0.295. The molecule has 22 heavy (non-hydrogen) atoms. The Bertz CT molecular complexity index is 788. The van der Waals surface area contributed by atoms with Gasteiger partial charge in [-0.25, -0.2) is 9.37 Å². The van der Waals surface area contributed by atoms with Crippen LogP contribution in [0.1, 0.15) is 24.2 Å². The maximum absolute atomic E-state index is 13.4. The zero-order valence-electron chi connectivity index (χ0n) is 12.3. The Morgan fingerprint density at radius 1 is 1.14 bits per heavy atom. The van der Waals surface area contributed by atoms with Gasteiger partial charge >= 0.3 is 0 Å². The van der Waals surface area contributed by atoms with Crippen LogP contribution in [0.15, 0.2) is 54.6 Å². The summed E-state index contributed by atoms with van der Waals surface area (Å²) >= 11 is 0. The van der Waals surface area contributed by atoms with Crippen molar-refractivity contribution in [2.24, 2.45) is 5.73 Å². The Morgan fingerprint density at radius 2 is 1.91 bits per heavy atom. The van der Waals surface area contributed by atoms with Crippen LogP contribution in [0.4, 0.5) is 4.39 Å². The Labute approximate surface area is 128 Å². The minimum absolute atomic E-state index is 0.264. The number of rotatable bonds is 4. The van der Waals surface area contributed by atoms with E-state index in [9.17, 15) is 4.39 Å². The van der Waals surface area contributed by atoms with Crippen LogP contribution in [0.2, 0.25) is 0 Å². The first kappa shape index (κ1) is 14.5. The molecule has 0 aliphatic rings. The molecule has 0 spiro atoms. The molecule has 4 heteroatoms. The number of halogens is 1. The maximum Gasteiger partial charge on any atom is 0.143 e. The summed E-state index contributed by atoms with van der Waals surface area (Å²) in [4.78, 5) is 4.51. The van der Waals surface area contributed by atoms with Crippen molar-refractivity contribution in [3.8, 4) is 5.75 Å². The topological polar surface area (TPSA) is 48.1 Å². The van der Waals surface area contributed by atoms with E-state index in [1.807, 2.05) is 37.3 Å². The van der Waals surface area contributed by atoms with Crippen LogP contribution in [0.25, 0.3) is 10.9 Å². The highest BCUT2D eigenvalue weighted by Crippen LogP contribution is 2.28. The van der Waals surface area contributed by atoms with E-state index < -0.39 is 0 Å². The number of nitrogens with zero attached hydrogens (tertiary/aromatic N) is 1. The standard InChI is InChI=1S/C18H17FN2O/c1-12(20)18-17(22-11-13-5-3-2-4-6-13)10-14-9-15(19)7-8-16(14)21-18/h2-10,12H,11,20H2,1H3. The van der Waals surface area contributed by atoms with Gasteiger partial charge in [0.1, 0.15) is 18.2 Å². The zero-order chi connectivity index (χ0) is 15.5. The normalized spacial score (nSPS) is 12.3. The molecule has 2 N–H and O–H groups in total. The van der Waals surface area contributed by atoms with Crippen molar-refractivity contribution in [1.82, 2.24) is 4.98 Å². The number of benzene rings is 2. The number of hydrogen-bond acceptors (Lipinski definition) is 3. The van der Waals surface area contributed by atoms with Crippen molar-refractivity contribution >= 4 is 10.9 Å². The van der Waals surface area contributed by atoms with Crippen molar-refractivity contribution in [3.63, 3.8) is 0 Å². The summed E-state index contributed by atoms with van der Waals surface area (Å²) in [6.45, 7) is 2.27. The van der Waals surface area contributed by atoms with E-state index >= 15 is 0 Å². The van der Waals surface area contributed by atoms with Crippen LogP contribution in [0.3, 0.4) is 0 Å². The Morgan fingerprint density at radius 3 is 2.64 bits per heavy atom. The van der Waals surface area contributed by atoms with Crippen molar-refractivity contribution in [2.45, 2.75) is 19.6 Å². The molecule has 0 fully saturated rings. The van der Waals surface area contributed by atoms with Crippen molar-refractivity contribution in [1.29, 1.82) is 0 Å². The fourth-order valence-corrected chi connectivity index (χ4v) is 2.32. The van der Waals surface area contributed by atoms with Gasteiger partial charge in [0, 0.05) is 11.4 Å². The smallest absolute Gasteiger partial charge is 0.143 e. The fourth-order valence-electron chi connectivity index (χ4n) is 2.32. The lowest BCUT2D eigenvalue weighted by atomic mass is 10.1. The molecule has 3 rings (SSSR count). The van der Waals surface area contributed by atoms with E-state index in [2.05, 4.69) is 4.98 Å². The Balaban J connectivity index is 1.97. The minimum Gasteiger partial charge on any atom is -0.487 e. The molecule has 0 saturated carbocycles. The van der Waals surface area contributed by atoms with Crippen molar-refractivity contribution < 1.29 is 9.13 Å². The van der Waals surface area contributed by atoms with Gasteiger partial charge in [-0.2, -0.15) is 0 Å². The molecule has 3 nitrogen and oxygen atoms in total. The van der Waals surface area contributed by atoms with E-state index in [0.29, 0.717) is 29.0 Å². The molecule has 112 valence electrons. The third-order valence-electron chi connectivity index (χ3n) is 3.44. The fraction of sp³-hybridized carbons (Fsp3) is 0.167. The number of pyridine rings is 1. The summed E-state index contributed by atoms with van der Waals surface area (Å²) < 4.78 is 19.3. The molecule has 0 radical (unpaired) electrons. The van der Waals surface area contributed by atoms with Crippen LogP contribution in [-0.2, 0) is 6.61 Å². The van der Waals surface area contributed by atoms with Gasteiger partial charge in [-0.1, -0.05) is 30.3 Å². The molecular weight excluding hydrogens is 279 g/mol. The third-order valence-corrected chi connectivity index (χ3v) is 3.44. The van der Waals surface area contributed by atoms with E-state index in [0.717, 1.165) is 5.56 Å². The number of aromatic nitrogens is 1. The van der Waals surface area contributed by atoms with Gasteiger partial charge in [0.25, 0.3) is 0 Å². The predicted molar refractivity (Wildman–Crippen MR) is 85.1 cm³/mol. The molecule has 1 unspecified atom stereocenters. The first-order chi connectivity index (χ1) is 10.6. The predicted octanol–water partition coefficient (Wildman–Crippen LogP) is 3.97. The lowest BCUT2D eigenvalue weighted by molar-refractivity contribution is 0.300. The van der Waals surface area contributed by atoms with Gasteiger partial charge < -0.3 is 10.5 Å². The van der Waals surface area contributed by atoms with Gasteiger partial charge in [0.05, 0.1) is 11.2 Å². The second-order valence-corrected chi connectivity index (χ2v) is 5.27. The van der Waals surface area contributed by atoms with E-state index in [-0.39, 0.29) is 11.9 Å². The number of hydrogen-bond donors (Lipinski definition) is 1. The van der Waals surface area contributed by atoms with Crippen LogP contribution in [0, 0.1) is 5.82 Å². The largest absolute Gasteiger partial charge is 0.487 e. The molecule has 3 aromatic rings. The molecule has 0 saturated heterocycles. The molecule has 0 amide bonds. The Hall–Kier alpha value is -2.46. The quantitative estimate of drug-likeness (QED) is 0.792. The first-order valence-electron chi connectivity index (χ1n) is 7.16. The highest BCUT2D eigenvalue weighted by molar-refractivity contribution is 5.80. The molecule has 0 aliphatic carbocycles. The SMILES string of the molecule is CC(N)c1nc2ccc(F)cc2cc1OCc1ccccc1. The summed E-state index contributed by atoms with van der Waals surface area (Å²) in [7, 11) is 0.